The lowest BCUT2D eigenvalue weighted by atomic mass is 9.94. The second kappa shape index (κ2) is 11.3. The highest BCUT2D eigenvalue weighted by Gasteiger charge is 2.34. The van der Waals surface area contributed by atoms with Gasteiger partial charge in [-0.05, 0) is 56.2 Å². The first-order chi connectivity index (χ1) is 19.0. The Morgan fingerprint density at radius 2 is 1.79 bits per heavy atom. The Morgan fingerprint density at radius 3 is 2.56 bits per heavy atom. The van der Waals surface area contributed by atoms with Crippen LogP contribution in [0.3, 0.4) is 0 Å². The van der Waals surface area contributed by atoms with Crippen molar-refractivity contribution in [1.29, 1.82) is 0 Å². The van der Waals surface area contributed by atoms with E-state index in [4.69, 9.17) is 14.2 Å². The summed E-state index contributed by atoms with van der Waals surface area (Å²) in [4.78, 5) is 18.1. The van der Waals surface area contributed by atoms with E-state index in [0.717, 1.165) is 11.1 Å². The maximum Gasteiger partial charge on any atom is 0.255 e. The van der Waals surface area contributed by atoms with E-state index in [1.165, 1.54) is 11.9 Å². The van der Waals surface area contributed by atoms with E-state index in [1.54, 1.807) is 11.8 Å². The zero-order valence-electron chi connectivity index (χ0n) is 22.4. The monoisotopic (exact) mass is 525 g/mol. The van der Waals surface area contributed by atoms with E-state index in [1.807, 2.05) is 68.4 Å². The highest BCUT2D eigenvalue weighted by atomic mass is 16.5. The number of nitrogens with zero attached hydrogens (tertiary/aromatic N) is 3. The van der Waals surface area contributed by atoms with Gasteiger partial charge in [0.05, 0.1) is 25.0 Å². The maximum atomic E-state index is 13.8. The van der Waals surface area contributed by atoms with Crippen LogP contribution in [0.2, 0.25) is 0 Å². The number of hydrogen-bond acceptors (Lipinski definition) is 7. The first-order valence-corrected chi connectivity index (χ1v) is 12.7. The van der Waals surface area contributed by atoms with Crippen LogP contribution >= 0.6 is 0 Å². The number of anilines is 2. The van der Waals surface area contributed by atoms with Crippen LogP contribution in [0.15, 0.2) is 84.3 Å². The fourth-order valence-corrected chi connectivity index (χ4v) is 4.55. The van der Waals surface area contributed by atoms with Crippen LogP contribution in [-0.2, 0) is 11.4 Å². The smallest absolute Gasteiger partial charge is 0.255 e. The number of ether oxygens (including phenoxy) is 3. The molecular weight excluding hydrogens is 494 g/mol. The Morgan fingerprint density at radius 1 is 1.00 bits per heavy atom. The van der Waals surface area contributed by atoms with E-state index in [-0.39, 0.29) is 5.91 Å². The Kier molecular flexibility index (Phi) is 7.49. The average Bonchev–Trinajstić information content (AvgIpc) is 3.41. The van der Waals surface area contributed by atoms with E-state index in [0.29, 0.717) is 53.4 Å². The molecule has 5 rings (SSSR count). The minimum atomic E-state index is -0.553. The molecule has 4 aromatic rings. The second-order valence-electron chi connectivity index (χ2n) is 9.16. The number of amides is 1. The third-order valence-corrected chi connectivity index (χ3v) is 6.49. The highest BCUT2D eigenvalue weighted by Crippen LogP contribution is 2.39. The van der Waals surface area contributed by atoms with Crippen molar-refractivity contribution >= 4 is 17.5 Å². The number of nitrogens with one attached hydrogen (secondary N) is 2. The van der Waals surface area contributed by atoms with Crippen LogP contribution in [0.1, 0.15) is 36.6 Å². The Labute approximate surface area is 227 Å². The van der Waals surface area contributed by atoms with Gasteiger partial charge in [-0.3, -0.25) is 4.79 Å². The SMILES string of the molecule is CCOc1ccccc1NC(=O)C1=C(C)Nc2ncnn2C1c1ccc(OCc2ccc(C)cc2)c(OC)c1. The predicted octanol–water partition coefficient (Wildman–Crippen LogP) is 5.50. The lowest BCUT2D eigenvalue weighted by Gasteiger charge is -2.29. The van der Waals surface area contributed by atoms with Crippen LogP contribution in [0.4, 0.5) is 11.6 Å². The number of allylic oxidation sites excluding steroid dienone is 1. The molecule has 1 aliphatic heterocycles. The van der Waals surface area contributed by atoms with Crippen LogP contribution in [0.25, 0.3) is 0 Å². The summed E-state index contributed by atoms with van der Waals surface area (Å²) < 4.78 is 19.2. The molecule has 0 fully saturated rings. The molecule has 0 aliphatic carbocycles. The van der Waals surface area contributed by atoms with Crippen LogP contribution < -0.4 is 24.8 Å². The first-order valence-electron chi connectivity index (χ1n) is 12.7. The zero-order chi connectivity index (χ0) is 27.4. The number of rotatable bonds is 9. The molecule has 1 amide bonds. The fraction of sp³-hybridized carbons (Fsp3) is 0.233. The number of carbonyl (C=O) groups excluding carboxylic acids is 1. The van der Waals surface area contributed by atoms with Crippen LogP contribution in [0, 0.1) is 6.92 Å². The van der Waals surface area contributed by atoms with Gasteiger partial charge in [-0.15, -0.1) is 0 Å². The molecule has 1 aromatic heterocycles. The molecule has 3 aromatic carbocycles. The molecule has 2 N–H and O–H groups in total. The quantitative estimate of drug-likeness (QED) is 0.298. The molecule has 200 valence electrons. The van der Waals surface area contributed by atoms with Crippen molar-refractivity contribution in [2.24, 2.45) is 0 Å². The molecule has 1 unspecified atom stereocenters. The summed E-state index contributed by atoms with van der Waals surface area (Å²) in [6, 6.07) is 20.7. The standard InChI is InChI=1S/C30H31N5O4/c1-5-38-24-9-7-6-8-23(24)34-29(36)27-20(3)33-30-31-18-32-35(30)28(27)22-14-15-25(26(16-22)37-4)39-17-21-12-10-19(2)11-13-21/h6-16,18,28H,5,17H2,1-4H3,(H,34,36)(H,31,32,33). The zero-order valence-corrected chi connectivity index (χ0v) is 22.4. The van der Waals surface area contributed by atoms with Gasteiger partial charge in [0, 0.05) is 5.70 Å². The lowest BCUT2D eigenvalue weighted by Crippen LogP contribution is -2.31. The van der Waals surface area contributed by atoms with Crippen LogP contribution in [0.5, 0.6) is 17.2 Å². The van der Waals surface area contributed by atoms with Crippen molar-refractivity contribution in [3.8, 4) is 17.2 Å². The number of aromatic nitrogens is 3. The molecule has 39 heavy (non-hydrogen) atoms. The second-order valence-corrected chi connectivity index (χ2v) is 9.16. The van der Waals surface area contributed by atoms with E-state index in [2.05, 4.69) is 39.8 Å². The summed E-state index contributed by atoms with van der Waals surface area (Å²) in [5.41, 5.74) is 4.80. The van der Waals surface area contributed by atoms with E-state index in [9.17, 15) is 4.79 Å². The number of para-hydroxylation sites is 2. The molecule has 2 heterocycles. The topological polar surface area (TPSA) is 99.5 Å². The number of carbonyl (C=O) groups is 1. The van der Waals surface area contributed by atoms with Gasteiger partial charge < -0.3 is 24.8 Å². The van der Waals surface area contributed by atoms with Crippen molar-refractivity contribution in [3.05, 3.63) is 101 Å². The van der Waals surface area contributed by atoms with Crippen LogP contribution in [-0.4, -0.2) is 34.4 Å². The molecule has 1 aliphatic rings. The summed E-state index contributed by atoms with van der Waals surface area (Å²) in [5.74, 6) is 2.02. The van der Waals surface area contributed by atoms with E-state index >= 15 is 0 Å². The summed E-state index contributed by atoms with van der Waals surface area (Å²) in [7, 11) is 1.60. The van der Waals surface area contributed by atoms with Gasteiger partial charge in [-0.25, -0.2) is 4.68 Å². The average molecular weight is 526 g/mol. The number of aryl methyl sites for hydroxylation is 1. The number of benzene rings is 3. The largest absolute Gasteiger partial charge is 0.493 e. The van der Waals surface area contributed by atoms with Gasteiger partial charge in [0.15, 0.2) is 11.5 Å². The lowest BCUT2D eigenvalue weighted by molar-refractivity contribution is -0.113. The molecule has 1 atom stereocenters. The molecule has 0 bridgehead atoms. The Balaban J connectivity index is 1.47. The molecule has 0 radical (unpaired) electrons. The number of fused-ring (bicyclic) bond motifs is 1. The minimum Gasteiger partial charge on any atom is -0.493 e. The normalized spacial score (nSPS) is 14.3. The van der Waals surface area contributed by atoms with E-state index < -0.39 is 6.04 Å². The van der Waals surface area contributed by atoms with Gasteiger partial charge >= 0.3 is 0 Å². The predicted molar refractivity (Wildman–Crippen MR) is 149 cm³/mol. The van der Waals surface area contributed by atoms with Gasteiger partial charge in [-0.1, -0.05) is 48.0 Å². The van der Waals surface area contributed by atoms with Crippen molar-refractivity contribution in [2.75, 3.05) is 24.4 Å². The number of hydrogen-bond donors (Lipinski definition) is 2. The van der Waals surface area contributed by atoms with Gasteiger partial charge in [0.25, 0.3) is 5.91 Å². The van der Waals surface area contributed by atoms with Crippen molar-refractivity contribution in [2.45, 2.75) is 33.4 Å². The maximum absolute atomic E-state index is 13.8. The molecule has 0 spiro atoms. The molecule has 0 saturated carbocycles. The van der Waals surface area contributed by atoms with Crippen molar-refractivity contribution in [1.82, 2.24) is 14.8 Å². The molecule has 9 nitrogen and oxygen atoms in total. The van der Waals surface area contributed by atoms with Crippen molar-refractivity contribution in [3.63, 3.8) is 0 Å². The number of methoxy groups -OCH3 is 1. The van der Waals surface area contributed by atoms with Crippen molar-refractivity contribution < 1.29 is 19.0 Å². The fourth-order valence-electron chi connectivity index (χ4n) is 4.55. The Bertz CT molecular complexity index is 1510. The summed E-state index contributed by atoms with van der Waals surface area (Å²) in [6.45, 7) is 6.70. The highest BCUT2D eigenvalue weighted by molar-refractivity contribution is 6.06. The summed E-state index contributed by atoms with van der Waals surface area (Å²) in [5, 5.41) is 10.6. The third-order valence-electron chi connectivity index (χ3n) is 6.49. The first kappa shape index (κ1) is 25.8. The van der Waals surface area contributed by atoms with Gasteiger partial charge in [0.1, 0.15) is 24.7 Å². The molecule has 9 heteroatoms. The summed E-state index contributed by atoms with van der Waals surface area (Å²) in [6.07, 6.45) is 1.46. The van der Waals surface area contributed by atoms with Gasteiger partial charge in [-0.2, -0.15) is 10.1 Å². The molecule has 0 saturated heterocycles. The minimum absolute atomic E-state index is 0.281. The molecular formula is C30H31N5O4. The summed E-state index contributed by atoms with van der Waals surface area (Å²) >= 11 is 0. The van der Waals surface area contributed by atoms with Gasteiger partial charge in [0.2, 0.25) is 5.95 Å². The third kappa shape index (κ3) is 5.43. The Hall–Kier alpha value is -4.79.